The lowest BCUT2D eigenvalue weighted by molar-refractivity contribution is -0.120. The van der Waals surface area contributed by atoms with Crippen LogP contribution >= 0.6 is 12.4 Å². The van der Waals surface area contributed by atoms with Crippen molar-refractivity contribution in [2.75, 3.05) is 36.1 Å². The van der Waals surface area contributed by atoms with Gasteiger partial charge in [-0.15, -0.1) is 27.7 Å². The molecule has 0 bridgehead atoms. The fourth-order valence-electron chi connectivity index (χ4n) is 3.31. The smallest absolute Gasteiger partial charge is 0.227 e. The van der Waals surface area contributed by atoms with Crippen molar-refractivity contribution in [2.45, 2.75) is 12.8 Å². The summed E-state index contributed by atoms with van der Waals surface area (Å²) < 4.78 is 6.79. The molecule has 3 aromatic rings. The second-order valence-electron chi connectivity index (χ2n) is 6.53. The normalized spacial score (nSPS) is 14.5. The molecule has 148 valence electrons. The van der Waals surface area contributed by atoms with E-state index in [0.717, 1.165) is 31.7 Å². The Morgan fingerprint density at radius 2 is 2.04 bits per heavy atom. The lowest BCUT2D eigenvalue weighted by atomic mass is 9.96. The van der Waals surface area contributed by atoms with E-state index in [0.29, 0.717) is 22.8 Å². The number of benzene rings is 1. The summed E-state index contributed by atoms with van der Waals surface area (Å²) in [7, 11) is 1.56. The van der Waals surface area contributed by atoms with Crippen molar-refractivity contribution in [3.8, 4) is 5.75 Å². The maximum atomic E-state index is 12.6. The molecule has 1 saturated heterocycles. The highest BCUT2D eigenvalue weighted by molar-refractivity contribution is 5.93. The number of aromatic nitrogens is 4. The summed E-state index contributed by atoms with van der Waals surface area (Å²) in [6.07, 6.45) is 3.11. The molecule has 2 aromatic heterocycles. The Balaban J connectivity index is 0.00000225. The molecule has 1 aliphatic rings. The lowest BCUT2D eigenvalue weighted by Crippen LogP contribution is -2.38. The SMILES string of the molecule is COc1ccc(NC(=O)C2CCN(c3ccc4nncn4n3)CC2)cc1N.Cl. The van der Waals surface area contributed by atoms with Gasteiger partial charge in [0, 0.05) is 24.7 Å². The van der Waals surface area contributed by atoms with Gasteiger partial charge >= 0.3 is 0 Å². The predicted octanol–water partition coefficient (Wildman–Crippen LogP) is 1.99. The number of rotatable bonds is 4. The fourth-order valence-corrected chi connectivity index (χ4v) is 3.31. The van der Waals surface area contributed by atoms with Gasteiger partial charge in [-0.05, 0) is 43.2 Å². The minimum Gasteiger partial charge on any atom is -0.495 e. The van der Waals surface area contributed by atoms with Crippen LogP contribution in [0.1, 0.15) is 12.8 Å². The largest absolute Gasteiger partial charge is 0.495 e. The summed E-state index contributed by atoms with van der Waals surface area (Å²) in [4.78, 5) is 14.8. The van der Waals surface area contributed by atoms with E-state index in [4.69, 9.17) is 10.5 Å². The van der Waals surface area contributed by atoms with Crippen molar-refractivity contribution >= 4 is 41.2 Å². The monoisotopic (exact) mass is 403 g/mol. The number of nitrogens with two attached hydrogens (primary N) is 1. The number of nitrogens with zero attached hydrogens (tertiary/aromatic N) is 5. The van der Waals surface area contributed by atoms with Crippen LogP contribution in [0.4, 0.5) is 17.2 Å². The fraction of sp³-hybridized carbons (Fsp3) is 0.333. The topological polar surface area (TPSA) is 111 Å². The number of amides is 1. The molecule has 28 heavy (non-hydrogen) atoms. The van der Waals surface area contributed by atoms with Gasteiger partial charge < -0.3 is 20.7 Å². The highest BCUT2D eigenvalue weighted by Crippen LogP contribution is 2.27. The molecule has 3 heterocycles. The van der Waals surface area contributed by atoms with E-state index in [2.05, 4.69) is 25.5 Å². The number of piperidine rings is 1. The number of hydrogen-bond acceptors (Lipinski definition) is 7. The molecular weight excluding hydrogens is 382 g/mol. The molecule has 10 heteroatoms. The van der Waals surface area contributed by atoms with Gasteiger partial charge in [0.15, 0.2) is 5.65 Å². The third-order valence-electron chi connectivity index (χ3n) is 4.83. The minimum atomic E-state index is -0.0387. The molecule has 3 N–H and O–H groups in total. The van der Waals surface area contributed by atoms with Crippen molar-refractivity contribution < 1.29 is 9.53 Å². The van der Waals surface area contributed by atoms with Gasteiger partial charge in [0.2, 0.25) is 5.91 Å². The number of nitrogen functional groups attached to an aromatic ring is 1. The Kier molecular flexibility index (Phi) is 5.84. The number of nitrogens with one attached hydrogen (secondary N) is 1. The third kappa shape index (κ3) is 3.94. The molecule has 1 fully saturated rings. The number of anilines is 3. The standard InChI is InChI=1S/C18H21N7O2.ClH/c1-27-15-3-2-13(10-14(15)19)21-18(26)12-6-8-24(9-7-12)17-5-4-16-22-20-11-25(16)23-17;/h2-5,10-12H,6-9,19H2,1H3,(H,21,26);1H. The van der Waals surface area contributed by atoms with Crippen molar-refractivity contribution in [1.29, 1.82) is 0 Å². The van der Waals surface area contributed by atoms with Gasteiger partial charge in [0.25, 0.3) is 0 Å². The maximum absolute atomic E-state index is 12.6. The van der Waals surface area contributed by atoms with Crippen molar-refractivity contribution in [2.24, 2.45) is 5.92 Å². The highest BCUT2D eigenvalue weighted by atomic mass is 35.5. The summed E-state index contributed by atoms with van der Waals surface area (Å²) in [5.74, 6) is 1.44. The molecule has 9 nitrogen and oxygen atoms in total. The molecule has 0 unspecified atom stereocenters. The van der Waals surface area contributed by atoms with E-state index >= 15 is 0 Å². The zero-order chi connectivity index (χ0) is 18.8. The highest BCUT2D eigenvalue weighted by Gasteiger charge is 2.26. The van der Waals surface area contributed by atoms with E-state index in [1.54, 1.807) is 36.2 Å². The number of carbonyl (C=O) groups excluding carboxylic acids is 1. The number of ether oxygens (including phenoxy) is 1. The van der Waals surface area contributed by atoms with E-state index in [9.17, 15) is 4.79 Å². The number of halogens is 1. The second-order valence-corrected chi connectivity index (χ2v) is 6.53. The molecule has 0 saturated carbocycles. The van der Waals surface area contributed by atoms with Crippen LogP contribution in [0.15, 0.2) is 36.7 Å². The number of methoxy groups -OCH3 is 1. The van der Waals surface area contributed by atoms with Crippen LogP contribution in [0, 0.1) is 5.92 Å². The number of fused-ring (bicyclic) bond motifs is 1. The van der Waals surface area contributed by atoms with Gasteiger partial charge in [-0.3, -0.25) is 4.79 Å². The Hall–Kier alpha value is -3.07. The van der Waals surface area contributed by atoms with Crippen LogP contribution in [0.5, 0.6) is 5.75 Å². The van der Waals surface area contributed by atoms with Crippen LogP contribution in [0.3, 0.4) is 0 Å². The van der Waals surface area contributed by atoms with Crippen molar-refractivity contribution in [1.82, 2.24) is 19.8 Å². The Bertz CT molecular complexity index is 969. The zero-order valence-electron chi connectivity index (χ0n) is 15.4. The quantitative estimate of drug-likeness (QED) is 0.641. The summed E-state index contributed by atoms with van der Waals surface area (Å²) in [6, 6.07) is 9.08. The van der Waals surface area contributed by atoms with Gasteiger partial charge in [0.1, 0.15) is 17.9 Å². The summed E-state index contributed by atoms with van der Waals surface area (Å²) in [6.45, 7) is 1.53. The summed E-state index contributed by atoms with van der Waals surface area (Å²) in [5, 5.41) is 15.3. The first-order valence-corrected chi connectivity index (χ1v) is 8.80. The van der Waals surface area contributed by atoms with Gasteiger partial charge in [0.05, 0.1) is 12.8 Å². The first kappa shape index (κ1) is 19.7. The Labute approximate surface area is 168 Å². The molecule has 4 rings (SSSR count). The molecular formula is C18H22ClN7O2. The van der Waals surface area contributed by atoms with Crippen molar-refractivity contribution in [3.63, 3.8) is 0 Å². The minimum absolute atomic E-state index is 0. The van der Waals surface area contributed by atoms with Crippen LogP contribution in [0.2, 0.25) is 0 Å². The summed E-state index contributed by atoms with van der Waals surface area (Å²) >= 11 is 0. The van der Waals surface area contributed by atoms with Gasteiger partial charge in [-0.25, -0.2) is 0 Å². The molecule has 1 amide bonds. The third-order valence-corrected chi connectivity index (χ3v) is 4.83. The molecule has 0 aliphatic carbocycles. The van der Waals surface area contributed by atoms with E-state index in [-0.39, 0.29) is 24.2 Å². The number of carbonyl (C=O) groups is 1. The van der Waals surface area contributed by atoms with E-state index < -0.39 is 0 Å². The zero-order valence-corrected chi connectivity index (χ0v) is 16.2. The van der Waals surface area contributed by atoms with Gasteiger partial charge in [-0.1, -0.05) is 0 Å². The van der Waals surface area contributed by atoms with Crippen LogP contribution < -0.4 is 20.7 Å². The maximum Gasteiger partial charge on any atom is 0.227 e. The molecule has 0 atom stereocenters. The lowest BCUT2D eigenvalue weighted by Gasteiger charge is -2.32. The Morgan fingerprint density at radius 1 is 1.25 bits per heavy atom. The average molecular weight is 404 g/mol. The molecule has 0 spiro atoms. The average Bonchev–Trinajstić information content (AvgIpc) is 3.16. The predicted molar refractivity (Wildman–Crippen MR) is 109 cm³/mol. The van der Waals surface area contributed by atoms with Gasteiger partial charge in [-0.2, -0.15) is 4.52 Å². The van der Waals surface area contributed by atoms with Crippen molar-refractivity contribution in [3.05, 3.63) is 36.7 Å². The van der Waals surface area contributed by atoms with Crippen LogP contribution in [-0.4, -0.2) is 45.9 Å². The molecule has 1 aliphatic heterocycles. The first-order valence-electron chi connectivity index (χ1n) is 8.80. The number of hydrogen-bond donors (Lipinski definition) is 2. The molecule has 0 radical (unpaired) electrons. The second kappa shape index (κ2) is 8.30. The first-order chi connectivity index (χ1) is 13.1. The van der Waals surface area contributed by atoms with Crippen LogP contribution in [-0.2, 0) is 4.79 Å². The Morgan fingerprint density at radius 3 is 2.75 bits per heavy atom. The summed E-state index contributed by atoms with van der Waals surface area (Å²) in [5.41, 5.74) is 7.80. The van der Waals surface area contributed by atoms with E-state index in [1.165, 1.54) is 0 Å². The van der Waals surface area contributed by atoms with Crippen LogP contribution in [0.25, 0.3) is 5.65 Å². The molecule has 1 aromatic carbocycles. The van der Waals surface area contributed by atoms with E-state index in [1.807, 2.05) is 12.1 Å².